The standard InChI is InChI=1S/C8H15NO2.C8H16.C6H14O.C5H12O.C4H9NO.C2H6/c1-2-8(11)9-5-3-7(10)4-6-9;1-7-3-5-8(2)6-4-7;1-3-5-7-6-4-2;1-5(2)4-6-3;1-3-4(6)5-2;1-2/h7,10H,2-6H2,1H3;7-8H,3-6H2,1-2H3;3-6H2,1-2H3;5H,4H2,1-3H3;3H2,1-2H3,(H,5,6);1-2H3. The Morgan fingerprint density at radius 2 is 1.27 bits per heavy atom. The lowest BCUT2D eigenvalue weighted by Gasteiger charge is -2.29. The van der Waals surface area contributed by atoms with E-state index < -0.39 is 0 Å². The third-order valence-corrected chi connectivity index (χ3v) is 6.22. The first-order chi connectivity index (χ1) is 19.0. The number of ether oxygens (including phenoxy) is 2. The van der Waals surface area contributed by atoms with Crippen molar-refractivity contribution in [3.63, 3.8) is 0 Å². The van der Waals surface area contributed by atoms with E-state index in [2.05, 4.69) is 46.9 Å². The number of aliphatic hydroxyl groups excluding tert-OH is 1. The van der Waals surface area contributed by atoms with Gasteiger partial charge in [-0.05, 0) is 43.4 Å². The Bertz CT molecular complexity index is 481. The fraction of sp³-hybridized carbons (Fsp3) is 0.939. The van der Waals surface area contributed by atoms with Crippen molar-refractivity contribution in [2.45, 2.75) is 140 Å². The number of carbonyl (C=O) groups is 2. The fourth-order valence-corrected chi connectivity index (χ4v) is 3.67. The quantitative estimate of drug-likeness (QED) is 0.292. The van der Waals surface area contributed by atoms with Crippen molar-refractivity contribution in [2.24, 2.45) is 17.8 Å². The number of hydrogen-bond donors (Lipinski definition) is 2. The molecular weight excluding hydrogens is 504 g/mol. The van der Waals surface area contributed by atoms with Crippen molar-refractivity contribution in [3.05, 3.63) is 0 Å². The molecule has 2 amide bonds. The van der Waals surface area contributed by atoms with Gasteiger partial charge < -0.3 is 24.8 Å². The highest BCUT2D eigenvalue weighted by Crippen LogP contribution is 2.27. The second-order valence-corrected chi connectivity index (χ2v) is 10.8. The average molecular weight is 577 g/mol. The van der Waals surface area contributed by atoms with Crippen LogP contribution in [0.15, 0.2) is 0 Å². The molecule has 0 unspecified atom stereocenters. The number of rotatable bonds is 8. The summed E-state index contributed by atoms with van der Waals surface area (Å²) in [5.41, 5.74) is 0. The van der Waals surface area contributed by atoms with Gasteiger partial charge in [0.25, 0.3) is 0 Å². The molecule has 1 aliphatic carbocycles. The van der Waals surface area contributed by atoms with Gasteiger partial charge >= 0.3 is 0 Å². The van der Waals surface area contributed by atoms with Gasteiger partial charge in [0.2, 0.25) is 11.8 Å². The third kappa shape index (κ3) is 36.8. The molecular formula is C33H72N2O5. The predicted molar refractivity (Wildman–Crippen MR) is 173 cm³/mol. The summed E-state index contributed by atoms with van der Waals surface area (Å²) in [7, 11) is 3.35. The van der Waals surface area contributed by atoms with Crippen molar-refractivity contribution in [1.82, 2.24) is 10.2 Å². The zero-order chi connectivity index (χ0) is 31.8. The van der Waals surface area contributed by atoms with Crippen molar-refractivity contribution in [1.29, 1.82) is 0 Å². The number of piperidine rings is 1. The van der Waals surface area contributed by atoms with Gasteiger partial charge in [-0.25, -0.2) is 0 Å². The third-order valence-electron chi connectivity index (χ3n) is 6.22. The maximum atomic E-state index is 11.1. The largest absolute Gasteiger partial charge is 0.393 e. The van der Waals surface area contributed by atoms with E-state index in [4.69, 9.17) is 14.6 Å². The van der Waals surface area contributed by atoms with Gasteiger partial charge in [0.1, 0.15) is 0 Å². The summed E-state index contributed by atoms with van der Waals surface area (Å²) in [4.78, 5) is 23.0. The second kappa shape index (κ2) is 35.8. The van der Waals surface area contributed by atoms with E-state index in [-0.39, 0.29) is 17.9 Å². The molecule has 7 heteroatoms. The molecule has 1 saturated heterocycles. The van der Waals surface area contributed by atoms with Crippen LogP contribution in [0.25, 0.3) is 0 Å². The SMILES string of the molecule is CC.CC1CCC(C)CC1.CCC(=O)N1CCC(O)CC1.CCC(=O)NC.CCCOCCC.COCC(C)C. The van der Waals surface area contributed by atoms with E-state index in [1.165, 1.54) is 25.7 Å². The highest BCUT2D eigenvalue weighted by Gasteiger charge is 2.19. The number of nitrogens with zero attached hydrogens (tertiary/aromatic N) is 1. The van der Waals surface area contributed by atoms with Crippen LogP contribution in [0.3, 0.4) is 0 Å². The highest BCUT2D eigenvalue weighted by atomic mass is 16.5. The Balaban J connectivity index is -0.000000204. The van der Waals surface area contributed by atoms with Crippen molar-refractivity contribution < 1.29 is 24.2 Å². The maximum Gasteiger partial charge on any atom is 0.222 e. The molecule has 1 aliphatic heterocycles. The average Bonchev–Trinajstić information content (AvgIpc) is 2.97. The van der Waals surface area contributed by atoms with E-state index in [1.54, 1.807) is 14.2 Å². The number of aliphatic hydroxyl groups is 1. The molecule has 0 atom stereocenters. The number of hydrogen-bond acceptors (Lipinski definition) is 5. The summed E-state index contributed by atoms with van der Waals surface area (Å²) in [6.07, 6.45) is 10.6. The van der Waals surface area contributed by atoms with Gasteiger partial charge in [-0.2, -0.15) is 0 Å². The zero-order valence-electron chi connectivity index (χ0n) is 28.9. The molecule has 7 nitrogen and oxygen atoms in total. The van der Waals surface area contributed by atoms with Crippen LogP contribution >= 0.6 is 0 Å². The number of likely N-dealkylation sites (tertiary alicyclic amines) is 1. The lowest BCUT2D eigenvalue weighted by molar-refractivity contribution is -0.132. The summed E-state index contributed by atoms with van der Waals surface area (Å²) < 4.78 is 9.94. The molecule has 2 N–H and O–H groups in total. The fourth-order valence-electron chi connectivity index (χ4n) is 3.67. The normalized spacial score (nSPS) is 18.0. The van der Waals surface area contributed by atoms with Crippen LogP contribution in [0.5, 0.6) is 0 Å². The van der Waals surface area contributed by atoms with Gasteiger partial charge in [-0.3, -0.25) is 9.59 Å². The van der Waals surface area contributed by atoms with Crippen molar-refractivity contribution in [3.8, 4) is 0 Å². The Hall–Kier alpha value is -1.18. The molecule has 0 aromatic carbocycles. The number of methoxy groups -OCH3 is 1. The Kier molecular flexibility index (Phi) is 41.0. The lowest BCUT2D eigenvalue weighted by atomic mass is 9.84. The maximum absolute atomic E-state index is 11.1. The van der Waals surface area contributed by atoms with Gasteiger partial charge in [-0.1, -0.05) is 94.9 Å². The van der Waals surface area contributed by atoms with E-state index >= 15 is 0 Å². The Morgan fingerprint density at radius 3 is 1.50 bits per heavy atom. The monoisotopic (exact) mass is 577 g/mol. The van der Waals surface area contributed by atoms with Crippen LogP contribution in [0.4, 0.5) is 0 Å². The van der Waals surface area contributed by atoms with Gasteiger partial charge in [-0.15, -0.1) is 0 Å². The Labute approximate surface area is 250 Å². The molecule has 0 spiro atoms. The lowest BCUT2D eigenvalue weighted by Crippen LogP contribution is -2.39. The van der Waals surface area contributed by atoms with E-state index in [0.717, 1.165) is 70.4 Å². The second-order valence-electron chi connectivity index (χ2n) is 10.8. The zero-order valence-corrected chi connectivity index (χ0v) is 28.9. The predicted octanol–water partition coefficient (Wildman–Crippen LogP) is 7.49. The van der Waals surface area contributed by atoms with Crippen LogP contribution in [0.2, 0.25) is 0 Å². The summed E-state index contributed by atoms with van der Waals surface area (Å²) in [5.74, 6) is 3.01. The van der Waals surface area contributed by atoms with Crippen LogP contribution in [-0.2, 0) is 19.1 Å². The van der Waals surface area contributed by atoms with Crippen molar-refractivity contribution >= 4 is 11.8 Å². The Morgan fingerprint density at radius 1 is 0.850 bits per heavy atom. The molecule has 2 rings (SSSR count). The van der Waals surface area contributed by atoms with E-state index in [0.29, 0.717) is 18.8 Å². The minimum Gasteiger partial charge on any atom is -0.393 e. The summed E-state index contributed by atoms with van der Waals surface area (Å²) in [5, 5.41) is 11.6. The molecule has 2 aliphatic rings. The number of carbonyl (C=O) groups excluding carboxylic acids is 2. The molecule has 2 fully saturated rings. The smallest absolute Gasteiger partial charge is 0.222 e. The summed E-state index contributed by atoms with van der Waals surface area (Å²) >= 11 is 0. The van der Waals surface area contributed by atoms with Crippen LogP contribution in [-0.4, -0.2) is 75.0 Å². The van der Waals surface area contributed by atoms with Crippen molar-refractivity contribution in [2.75, 3.05) is 47.1 Å². The van der Waals surface area contributed by atoms with Crippen LogP contribution in [0.1, 0.15) is 133 Å². The number of nitrogens with one attached hydrogen (secondary N) is 1. The molecule has 0 aromatic heterocycles. The molecule has 40 heavy (non-hydrogen) atoms. The molecule has 1 saturated carbocycles. The topological polar surface area (TPSA) is 88.1 Å². The minimum absolute atomic E-state index is 0.0926. The highest BCUT2D eigenvalue weighted by molar-refractivity contribution is 5.75. The first-order valence-electron chi connectivity index (χ1n) is 16.2. The van der Waals surface area contributed by atoms with Crippen LogP contribution in [0, 0.1) is 17.8 Å². The van der Waals surface area contributed by atoms with E-state index in [1.807, 2.05) is 32.6 Å². The molecule has 1 heterocycles. The molecule has 0 radical (unpaired) electrons. The van der Waals surface area contributed by atoms with Gasteiger partial charge in [0, 0.05) is 59.9 Å². The summed E-state index contributed by atoms with van der Waals surface area (Å²) in [6, 6.07) is 0. The molecule has 0 aromatic rings. The first-order valence-corrected chi connectivity index (χ1v) is 16.2. The molecule has 244 valence electrons. The molecule has 0 bridgehead atoms. The summed E-state index contributed by atoms with van der Waals surface area (Å²) in [6.45, 7) is 25.1. The van der Waals surface area contributed by atoms with E-state index in [9.17, 15) is 9.59 Å². The van der Waals surface area contributed by atoms with Gasteiger partial charge in [0.05, 0.1) is 6.10 Å². The van der Waals surface area contributed by atoms with Gasteiger partial charge in [0.15, 0.2) is 0 Å². The minimum atomic E-state index is -0.184. The van der Waals surface area contributed by atoms with Crippen LogP contribution < -0.4 is 5.32 Å². The first kappa shape index (κ1) is 45.8. The number of amides is 2.